The van der Waals surface area contributed by atoms with Gasteiger partial charge in [-0.3, -0.25) is 4.79 Å². The van der Waals surface area contributed by atoms with Crippen LogP contribution in [0.1, 0.15) is 13.3 Å². The van der Waals surface area contributed by atoms with E-state index in [0.717, 1.165) is 0 Å². The maximum atomic E-state index is 11.4. The summed E-state index contributed by atoms with van der Waals surface area (Å²) in [6.07, 6.45) is -5.66. The Morgan fingerprint density at radius 3 is 2.30 bits per heavy atom. The molecule has 0 aromatic rings. The zero-order valence-corrected chi connectivity index (χ0v) is 6.18. The van der Waals surface area contributed by atoms with Crippen molar-refractivity contribution >= 4 is 16.9 Å². The van der Waals surface area contributed by atoms with Gasteiger partial charge in [0.2, 0.25) is 0 Å². The van der Waals surface area contributed by atoms with Gasteiger partial charge in [0.15, 0.2) is 5.12 Å². The summed E-state index contributed by atoms with van der Waals surface area (Å²) >= 11 is 0.699. The first-order valence-electron chi connectivity index (χ1n) is 2.68. The highest BCUT2D eigenvalue weighted by atomic mass is 32.2. The van der Waals surface area contributed by atoms with Gasteiger partial charge in [-0.25, -0.2) is 0 Å². The topological polar surface area (TPSA) is 17.1 Å². The molecule has 1 nitrogen and oxygen atoms in total. The lowest BCUT2D eigenvalue weighted by atomic mass is 10.5. The molecule has 0 aromatic carbocycles. The predicted molar refractivity (Wildman–Crippen MR) is 33.8 cm³/mol. The molecule has 0 bridgehead atoms. The Morgan fingerprint density at radius 2 is 2.00 bits per heavy atom. The summed E-state index contributed by atoms with van der Waals surface area (Å²) in [4.78, 5) is 10.3. The van der Waals surface area contributed by atoms with Crippen molar-refractivity contribution in [1.29, 1.82) is 0 Å². The molecule has 0 amide bonds. The number of halogens is 3. The average Bonchev–Trinajstić information content (AvgIpc) is 1.59. The van der Waals surface area contributed by atoms with Crippen LogP contribution in [0.4, 0.5) is 13.2 Å². The smallest absolute Gasteiger partial charge is 0.287 e. The Kier molecular flexibility index (Phi) is 3.78. The third-order valence-corrected chi connectivity index (χ3v) is 1.41. The molecule has 0 unspecified atom stereocenters. The van der Waals surface area contributed by atoms with Gasteiger partial charge >= 0.3 is 6.18 Å². The standard InChI is InChI=1S/C5H7F3OS/c1-2-10-4(9)3-5(6,7)8/h2-3H2,1H3. The van der Waals surface area contributed by atoms with E-state index < -0.39 is 17.7 Å². The van der Waals surface area contributed by atoms with E-state index in [1.807, 2.05) is 0 Å². The quantitative estimate of drug-likeness (QED) is 0.635. The second-order valence-electron chi connectivity index (χ2n) is 1.60. The van der Waals surface area contributed by atoms with Crippen molar-refractivity contribution in [1.82, 2.24) is 0 Å². The average molecular weight is 172 g/mol. The van der Waals surface area contributed by atoms with Gasteiger partial charge in [0, 0.05) is 0 Å². The van der Waals surface area contributed by atoms with Crippen LogP contribution in [0.25, 0.3) is 0 Å². The van der Waals surface area contributed by atoms with Crippen molar-refractivity contribution in [2.45, 2.75) is 19.5 Å². The Balaban J connectivity index is 3.58. The van der Waals surface area contributed by atoms with E-state index in [1.165, 1.54) is 0 Å². The van der Waals surface area contributed by atoms with Crippen LogP contribution in [-0.4, -0.2) is 17.0 Å². The Hall–Kier alpha value is -0.190. The summed E-state index contributed by atoms with van der Waals surface area (Å²) in [5, 5.41) is -0.810. The van der Waals surface area contributed by atoms with Crippen LogP contribution in [0, 0.1) is 0 Å². The zero-order valence-electron chi connectivity index (χ0n) is 5.36. The maximum Gasteiger partial charge on any atom is 0.396 e. The largest absolute Gasteiger partial charge is 0.396 e. The number of carbonyl (C=O) groups is 1. The van der Waals surface area contributed by atoms with Gasteiger partial charge in [-0.05, 0) is 5.75 Å². The molecule has 0 saturated carbocycles. The monoisotopic (exact) mass is 172 g/mol. The second kappa shape index (κ2) is 3.85. The first-order valence-corrected chi connectivity index (χ1v) is 3.66. The summed E-state index contributed by atoms with van der Waals surface area (Å²) in [5.74, 6) is 0.398. The van der Waals surface area contributed by atoms with Crippen LogP contribution >= 0.6 is 11.8 Å². The van der Waals surface area contributed by atoms with Crippen LogP contribution < -0.4 is 0 Å². The molecule has 0 N–H and O–H groups in total. The first-order chi connectivity index (χ1) is 4.45. The molecule has 5 heteroatoms. The molecular formula is C5H7F3OS. The van der Waals surface area contributed by atoms with Crippen LogP contribution in [0.2, 0.25) is 0 Å². The summed E-state index contributed by atoms with van der Waals surface area (Å²) < 4.78 is 34.2. The van der Waals surface area contributed by atoms with E-state index in [0.29, 0.717) is 17.5 Å². The minimum atomic E-state index is -4.35. The van der Waals surface area contributed by atoms with E-state index in [1.54, 1.807) is 6.92 Å². The van der Waals surface area contributed by atoms with Gasteiger partial charge < -0.3 is 0 Å². The minimum Gasteiger partial charge on any atom is -0.287 e. The Bertz CT molecular complexity index is 121. The highest BCUT2D eigenvalue weighted by Gasteiger charge is 2.30. The normalized spacial score (nSPS) is 11.6. The molecule has 0 saturated heterocycles. The molecule has 0 aromatic heterocycles. The molecule has 0 aliphatic carbocycles. The molecule has 0 aliphatic rings. The predicted octanol–water partition coefficient (Wildman–Crippen LogP) is 2.22. The number of hydrogen-bond acceptors (Lipinski definition) is 2. The summed E-state index contributed by atoms with van der Waals surface area (Å²) in [6.45, 7) is 1.64. The molecule has 0 atom stereocenters. The Morgan fingerprint density at radius 1 is 1.50 bits per heavy atom. The molecule has 0 heterocycles. The first kappa shape index (κ1) is 9.81. The van der Waals surface area contributed by atoms with Crippen molar-refractivity contribution in [2.24, 2.45) is 0 Å². The van der Waals surface area contributed by atoms with Crippen molar-refractivity contribution in [2.75, 3.05) is 5.75 Å². The molecule has 10 heavy (non-hydrogen) atoms. The van der Waals surface area contributed by atoms with Crippen LogP contribution in [-0.2, 0) is 4.79 Å². The summed E-state index contributed by atoms with van der Waals surface area (Å²) in [7, 11) is 0. The van der Waals surface area contributed by atoms with Crippen molar-refractivity contribution in [3.63, 3.8) is 0 Å². The van der Waals surface area contributed by atoms with Crippen LogP contribution in [0.15, 0.2) is 0 Å². The number of rotatable bonds is 2. The molecule has 60 valence electrons. The lowest BCUT2D eigenvalue weighted by Gasteiger charge is -2.02. The fraction of sp³-hybridized carbons (Fsp3) is 0.800. The van der Waals surface area contributed by atoms with E-state index >= 15 is 0 Å². The SMILES string of the molecule is CCSC(=O)CC(F)(F)F. The number of hydrogen-bond donors (Lipinski definition) is 0. The highest BCUT2D eigenvalue weighted by molar-refractivity contribution is 8.13. The minimum absolute atomic E-state index is 0.398. The van der Waals surface area contributed by atoms with Crippen LogP contribution in [0.3, 0.4) is 0 Å². The molecule has 0 rings (SSSR count). The fourth-order valence-corrected chi connectivity index (χ4v) is 0.963. The Labute approximate surface area is 61.0 Å². The van der Waals surface area contributed by atoms with Gasteiger partial charge in [-0.15, -0.1) is 0 Å². The third kappa shape index (κ3) is 5.94. The summed E-state index contributed by atoms with van der Waals surface area (Å²) in [5.41, 5.74) is 0. The lowest BCUT2D eigenvalue weighted by molar-refractivity contribution is -0.146. The van der Waals surface area contributed by atoms with Gasteiger partial charge in [0.1, 0.15) is 6.42 Å². The van der Waals surface area contributed by atoms with Gasteiger partial charge in [-0.1, -0.05) is 18.7 Å². The summed E-state index contributed by atoms with van der Waals surface area (Å²) in [6, 6.07) is 0. The molecule has 0 radical (unpaired) electrons. The van der Waals surface area contributed by atoms with Gasteiger partial charge in [-0.2, -0.15) is 13.2 Å². The van der Waals surface area contributed by atoms with E-state index in [9.17, 15) is 18.0 Å². The molecule has 0 spiro atoms. The molecule has 0 fully saturated rings. The maximum absolute atomic E-state index is 11.4. The number of alkyl halides is 3. The lowest BCUT2D eigenvalue weighted by Crippen LogP contribution is -2.12. The third-order valence-electron chi connectivity index (χ3n) is 0.650. The molecule has 0 aliphatic heterocycles. The zero-order chi connectivity index (χ0) is 8.20. The number of carbonyl (C=O) groups excluding carboxylic acids is 1. The van der Waals surface area contributed by atoms with Crippen LogP contribution in [0.5, 0.6) is 0 Å². The van der Waals surface area contributed by atoms with E-state index in [2.05, 4.69) is 0 Å². The number of thioether (sulfide) groups is 1. The van der Waals surface area contributed by atoms with Crippen molar-refractivity contribution < 1.29 is 18.0 Å². The highest BCUT2D eigenvalue weighted by Crippen LogP contribution is 2.22. The molecular weight excluding hydrogens is 165 g/mol. The van der Waals surface area contributed by atoms with E-state index in [-0.39, 0.29) is 0 Å². The van der Waals surface area contributed by atoms with E-state index in [4.69, 9.17) is 0 Å². The van der Waals surface area contributed by atoms with Gasteiger partial charge in [0.25, 0.3) is 0 Å². The fourth-order valence-electron chi connectivity index (χ4n) is 0.376. The van der Waals surface area contributed by atoms with Crippen molar-refractivity contribution in [3.05, 3.63) is 0 Å². The van der Waals surface area contributed by atoms with Crippen molar-refractivity contribution in [3.8, 4) is 0 Å². The van der Waals surface area contributed by atoms with Gasteiger partial charge in [0.05, 0.1) is 0 Å². The second-order valence-corrected chi connectivity index (χ2v) is 2.92.